The molecule has 0 aliphatic rings. The fourth-order valence-corrected chi connectivity index (χ4v) is 1.98. The van der Waals surface area contributed by atoms with Crippen molar-refractivity contribution in [3.05, 3.63) is 67.9 Å². The summed E-state index contributed by atoms with van der Waals surface area (Å²) in [5, 5.41) is 14.1. The molecule has 0 spiro atoms. The summed E-state index contributed by atoms with van der Waals surface area (Å²) in [7, 11) is 0. The molecule has 0 aromatic heterocycles. The van der Waals surface area contributed by atoms with E-state index in [0.29, 0.717) is 16.3 Å². The molecule has 0 fully saturated rings. The zero-order valence-electron chi connectivity index (χ0n) is 10.1. The molecule has 2 aromatic rings. The van der Waals surface area contributed by atoms with Crippen LogP contribution in [0.5, 0.6) is 0 Å². The molecule has 0 radical (unpaired) electrons. The third-order valence-electron chi connectivity index (χ3n) is 2.64. The maximum absolute atomic E-state index is 13.0. The normalized spacial score (nSPS) is 10.3. The first-order valence-corrected chi connectivity index (χ1v) is 6.34. The summed E-state index contributed by atoms with van der Waals surface area (Å²) < 4.78 is 13.0. The van der Waals surface area contributed by atoms with E-state index in [2.05, 4.69) is 5.32 Å². The van der Waals surface area contributed by atoms with Crippen molar-refractivity contribution in [1.82, 2.24) is 0 Å². The van der Waals surface area contributed by atoms with Crippen molar-refractivity contribution < 1.29 is 9.31 Å². The molecule has 20 heavy (non-hydrogen) atoms. The average molecular weight is 315 g/mol. The minimum Gasteiger partial charge on any atom is -0.381 e. The van der Waals surface area contributed by atoms with Crippen LogP contribution in [-0.4, -0.2) is 4.92 Å². The van der Waals surface area contributed by atoms with Gasteiger partial charge in [-0.25, -0.2) is 4.39 Å². The largest absolute Gasteiger partial charge is 0.381 e. The van der Waals surface area contributed by atoms with Crippen molar-refractivity contribution in [2.45, 2.75) is 6.54 Å². The van der Waals surface area contributed by atoms with Gasteiger partial charge in [-0.05, 0) is 29.8 Å². The molecule has 0 saturated heterocycles. The fourth-order valence-electron chi connectivity index (χ4n) is 1.61. The highest BCUT2D eigenvalue weighted by Gasteiger charge is 2.09. The monoisotopic (exact) mass is 314 g/mol. The smallest absolute Gasteiger partial charge is 0.269 e. The Morgan fingerprint density at radius 1 is 1.15 bits per heavy atom. The molecule has 0 saturated carbocycles. The Morgan fingerprint density at radius 2 is 1.90 bits per heavy atom. The first-order valence-electron chi connectivity index (χ1n) is 5.59. The predicted molar refractivity (Wildman–Crippen MR) is 76.8 cm³/mol. The maximum Gasteiger partial charge on any atom is 0.269 e. The van der Waals surface area contributed by atoms with Crippen molar-refractivity contribution >= 4 is 34.6 Å². The maximum atomic E-state index is 13.0. The van der Waals surface area contributed by atoms with Gasteiger partial charge >= 0.3 is 0 Å². The molecular formula is C13H9Cl2FN2O2. The number of hydrogen-bond acceptors (Lipinski definition) is 3. The molecule has 104 valence electrons. The molecule has 0 amide bonds. The molecule has 7 heteroatoms. The standard InChI is InChI=1S/C13H9Cl2FN2O2/c14-11-3-2-10(18(19)20)5-8(11)7-17-9-1-4-13(16)12(15)6-9/h1-6,17H,7H2. The molecule has 0 atom stereocenters. The van der Waals surface area contributed by atoms with Gasteiger partial charge in [0.15, 0.2) is 0 Å². The summed E-state index contributed by atoms with van der Waals surface area (Å²) in [5.74, 6) is -0.509. The number of anilines is 1. The van der Waals surface area contributed by atoms with Crippen LogP contribution in [0.2, 0.25) is 10.0 Å². The number of nitrogens with one attached hydrogen (secondary N) is 1. The van der Waals surface area contributed by atoms with Gasteiger partial charge in [0, 0.05) is 29.4 Å². The highest BCUT2D eigenvalue weighted by molar-refractivity contribution is 6.31. The van der Waals surface area contributed by atoms with E-state index in [4.69, 9.17) is 23.2 Å². The Morgan fingerprint density at radius 3 is 2.55 bits per heavy atom. The van der Waals surface area contributed by atoms with Crippen LogP contribution in [0, 0.1) is 15.9 Å². The number of halogens is 3. The number of non-ortho nitro benzene ring substituents is 1. The summed E-state index contributed by atoms with van der Waals surface area (Å²) in [6.07, 6.45) is 0. The molecule has 2 aromatic carbocycles. The van der Waals surface area contributed by atoms with E-state index in [9.17, 15) is 14.5 Å². The number of nitro benzene ring substituents is 1. The lowest BCUT2D eigenvalue weighted by Gasteiger charge is -2.08. The van der Waals surface area contributed by atoms with E-state index in [-0.39, 0.29) is 17.3 Å². The quantitative estimate of drug-likeness (QED) is 0.660. The summed E-state index contributed by atoms with van der Waals surface area (Å²) >= 11 is 11.6. The van der Waals surface area contributed by atoms with E-state index in [1.165, 1.54) is 36.4 Å². The predicted octanol–water partition coefficient (Wildman–Crippen LogP) is 4.65. The van der Waals surface area contributed by atoms with Crippen LogP contribution in [0.4, 0.5) is 15.8 Å². The third kappa shape index (κ3) is 3.37. The first-order chi connectivity index (χ1) is 9.47. The number of nitro groups is 1. The fraction of sp³-hybridized carbons (Fsp3) is 0.0769. The Kier molecular flexibility index (Phi) is 4.42. The summed E-state index contributed by atoms with van der Waals surface area (Å²) in [6.45, 7) is 0.266. The first kappa shape index (κ1) is 14.6. The Balaban J connectivity index is 2.15. The van der Waals surface area contributed by atoms with E-state index >= 15 is 0 Å². The van der Waals surface area contributed by atoms with E-state index in [0.717, 1.165) is 0 Å². The van der Waals surface area contributed by atoms with Crippen LogP contribution in [0.15, 0.2) is 36.4 Å². The van der Waals surface area contributed by atoms with Crippen LogP contribution < -0.4 is 5.32 Å². The molecule has 0 bridgehead atoms. The topological polar surface area (TPSA) is 55.2 Å². The molecule has 1 N–H and O–H groups in total. The van der Waals surface area contributed by atoms with Gasteiger partial charge in [-0.3, -0.25) is 10.1 Å². The van der Waals surface area contributed by atoms with Crippen molar-refractivity contribution in [2.24, 2.45) is 0 Å². The van der Waals surface area contributed by atoms with E-state index in [1.54, 1.807) is 0 Å². The molecule has 0 aliphatic heterocycles. The number of hydrogen-bond donors (Lipinski definition) is 1. The third-order valence-corrected chi connectivity index (χ3v) is 3.30. The molecular weight excluding hydrogens is 306 g/mol. The minimum absolute atomic E-state index is 0.000129. The number of nitrogens with zero attached hydrogens (tertiary/aromatic N) is 1. The van der Waals surface area contributed by atoms with Gasteiger partial charge in [0.05, 0.1) is 9.95 Å². The van der Waals surface area contributed by atoms with Crippen LogP contribution in [0.3, 0.4) is 0 Å². The van der Waals surface area contributed by atoms with Gasteiger partial charge in [-0.2, -0.15) is 0 Å². The SMILES string of the molecule is O=[N+]([O-])c1ccc(Cl)c(CNc2ccc(F)c(Cl)c2)c1. The second-order valence-corrected chi connectivity index (χ2v) is 4.83. The lowest BCUT2D eigenvalue weighted by molar-refractivity contribution is -0.384. The second kappa shape index (κ2) is 6.07. The highest BCUT2D eigenvalue weighted by Crippen LogP contribution is 2.24. The Bertz CT molecular complexity index is 665. The summed E-state index contributed by atoms with van der Waals surface area (Å²) in [6, 6.07) is 8.38. The lowest BCUT2D eigenvalue weighted by Crippen LogP contribution is -2.01. The van der Waals surface area contributed by atoms with Crippen molar-refractivity contribution in [3.63, 3.8) is 0 Å². The minimum atomic E-state index is -0.509. The Labute approximate surface area is 124 Å². The van der Waals surface area contributed by atoms with Crippen LogP contribution in [0.1, 0.15) is 5.56 Å². The number of benzene rings is 2. The molecule has 4 nitrogen and oxygen atoms in total. The molecule has 0 aliphatic carbocycles. The van der Waals surface area contributed by atoms with Gasteiger partial charge in [0.25, 0.3) is 5.69 Å². The second-order valence-electron chi connectivity index (χ2n) is 4.02. The van der Waals surface area contributed by atoms with Crippen molar-refractivity contribution in [2.75, 3.05) is 5.32 Å². The molecule has 2 rings (SSSR count). The summed E-state index contributed by atoms with van der Waals surface area (Å²) in [5.41, 5.74) is 1.13. The van der Waals surface area contributed by atoms with Gasteiger partial charge in [-0.1, -0.05) is 23.2 Å². The van der Waals surface area contributed by atoms with Crippen LogP contribution in [-0.2, 0) is 6.54 Å². The van der Waals surface area contributed by atoms with Crippen LogP contribution >= 0.6 is 23.2 Å². The van der Waals surface area contributed by atoms with Gasteiger partial charge in [0.2, 0.25) is 0 Å². The number of rotatable bonds is 4. The highest BCUT2D eigenvalue weighted by atomic mass is 35.5. The summed E-state index contributed by atoms with van der Waals surface area (Å²) in [4.78, 5) is 10.2. The van der Waals surface area contributed by atoms with Gasteiger partial charge in [-0.15, -0.1) is 0 Å². The van der Waals surface area contributed by atoms with E-state index < -0.39 is 10.7 Å². The lowest BCUT2D eigenvalue weighted by atomic mass is 10.2. The molecule has 0 heterocycles. The van der Waals surface area contributed by atoms with E-state index in [1.807, 2.05) is 0 Å². The zero-order valence-corrected chi connectivity index (χ0v) is 11.6. The average Bonchev–Trinajstić information content (AvgIpc) is 2.41. The Hall–Kier alpha value is -1.85. The van der Waals surface area contributed by atoms with Gasteiger partial charge < -0.3 is 5.32 Å². The van der Waals surface area contributed by atoms with Crippen molar-refractivity contribution in [3.8, 4) is 0 Å². The zero-order chi connectivity index (χ0) is 14.7. The molecule has 0 unspecified atom stereocenters. The van der Waals surface area contributed by atoms with Crippen LogP contribution in [0.25, 0.3) is 0 Å². The van der Waals surface area contributed by atoms with Crippen molar-refractivity contribution in [1.29, 1.82) is 0 Å². The van der Waals surface area contributed by atoms with Gasteiger partial charge in [0.1, 0.15) is 5.82 Å².